The van der Waals surface area contributed by atoms with Crippen LogP contribution in [0.1, 0.15) is 24.1 Å². The van der Waals surface area contributed by atoms with E-state index in [2.05, 4.69) is 11.8 Å². The van der Waals surface area contributed by atoms with Gasteiger partial charge in [0, 0.05) is 19.6 Å². The van der Waals surface area contributed by atoms with E-state index in [0.29, 0.717) is 25.5 Å². The number of hydrogen-bond donors (Lipinski definition) is 0. The zero-order valence-corrected chi connectivity index (χ0v) is 14.7. The molecule has 2 aliphatic rings. The summed E-state index contributed by atoms with van der Waals surface area (Å²) in [6.45, 7) is 6.38. The predicted molar refractivity (Wildman–Crippen MR) is 90.6 cm³/mol. The van der Waals surface area contributed by atoms with Crippen molar-refractivity contribution in [3.8, 4) is 11.5 Å². The van der Waals surface area contributed by atoms with Crippen LogP contribution in [0.25, 0.3) is 0 Å². The van der Waals surface area contributed by atoms with Gasteiger partial charge in [-0.3, -0.25) is 9.69 Å². The van der Waals surface area contributed by atoms with Crippen molar-refractivity contribution in [1.29, 1.82) is 0 Å². The Morgan fingerprint density at radius 2 is 1.83 bits per heavy atom. The van der Waals surface area contributed by atoms with E-state index in [0.717, 1.165) is 37.4 Å². The Hall–Kier alpha value is -1.79. The first-order chi connectivity index (χ1) is 11.6. The van der Waals surface area contributed by atoms with Gasteiger partial charge in [-0.2, -0.15) is 0 Å². The summed E-state index contributed by atoms with van der Waals surface area (Å²) in [6, 6.07) is 4.09. The molecule has 1 fully saturated rings. The van der Waals surface area contributed by atoms with Crippen LogP contribution in [0.2, 0.25) is 0 Å². The Bertz CT molecular complexity index is 599. The number of fused-ring (bicyclic) bond motifs is 1. The van der Waals surface area contributed by atoms with E-state index in [1.54, 1.807) is 14.2 Å². The largest absolute Gasteiger partial charge is 0.493 e. The van der Waals surface area contributed by atoms with Crippen LogP contribution in [0, 0.1) is 0 Å². The lowest BCUT2D eigenvalue weighted by Crippen LogP contribution is -2.47. The number of hydrogen-bond acceptors (Lipinski definition) is 5. The molecule has 1 atom stereocenters. The number of carbonyl (C=O) groups is 1. The Morgan fingerprint density at radius 3 is 2.50 bits per heavy atom. The molecule has 1 amide bonds. The molecule has 1 saturated heterocycles. The zero-order chi connectivity index (χ0) is 17.1. The molecule has 3 rings (SSSR count). The number of methoxy groups -OCH3 is 2. The molecule has 0 N–H and O–H groups in total. The molecule has 132 valence electrons. The number of ether oxygens (including phenoxy) is 3. The lowest BCUT2D eigenvalue weighted by atomic mass is 9.92. The fraction of sp³-hybridized carbons (Fsp3) is 0.611. The third-order valence-corrected chi connectivity index (χ3v) is 4.97. The molecule has 0 bridgehead atoms. The summed E-state index contributed by atoms with van der Waals surface area (Å²) in [7, 11) is 3.29. The summed E-state index contributed by atoms with van der Waals surface area (Å²) in [5.74, 6) is 1.65. The first kappa shape index (κ1) is 17.0. The van der Waals surface area contributed by atoms with Gasteiger partial charge in [-0.1, -0.05) is 0 Å². The molecule has 1 aromatic rings. The van der Waals surface area contributed by atoms with Gasteiger partial charge in [0.25, 0.3) is 0 Å². The predicted octanol–water partition coefficient (Wildman–Crippen LogP) is 1.48. The van der Waals surface area contributed by atoms with Crippen molar-refractivity contribution in [2.24, 2.45) is 0 Å². The van der Waals surface area contributed by atoms with Gasteiger partial charge in [0.1, 0.15) is 0 Å². The molecule has 0 aromatic heterocycles. The number of carbonyl (C=O) groups excluding carboxylic acids is 1. The highest BCUT2D eigenvalue weighted by Crippen LogP contribution is 2.37. The number of amides is 1. The number of morpholine rings is 1. The van der Waals surface area contributed by atoms with Crippen LogP contribution >= 0.6 is 0 Å². The fourth-order valence-corrected chi connectivity index (χ4v) is 3.53. The highest BCUT2D eigenvalue weighted by molar-refractivity contribution is 5.79. The summed E-state index contributed by atoms with van der Waals surface area (Å²) in [5.41, 5.74) is 2.38. The number of benzene rings is 1. The van der Waals surface area contributed by atoms with E-state index >= 15 is 0 Å². The van der Waals surface area contributed by atoms with Crippen molar-refractivity contribution < 1.29 is 19.0 Å². The van der Waals surface area contributed by atoms with Gasteiger partial charge in [0.05, 0.1) is 40.0 Å². The highest BCUT2D eigenvalue weighted by Gasteiger charge is 2.30. The van der Waals surface area contributed by atoms with Crippen molar-refractivity contribution >= 4 is 5.91 Å². The molecule has 0 aliphatic carbocycles. The second-order valence-electron chi connectivity index (χ2n) is 6.31. The van der Waals surface area contributed by atoms with Crippen LogP contribution in [-0.4, -0.2) is 69.3 Å². The first-order valence-corrected chi connectivity index (χ1v) is 8.48. The van der Waals surface area contributed by atoms with E-state index in [4.69, 9.17) is 14.2 Å². The van der Waals surface area contributed by atoms with Gasteiger partial charge in [-0.25, -0.2) is 0 Å². The second kappa shape index (κ2) is 7.40. The van der Waals surface area contributed by atoms with Crippen molar-refractivity contribution in [3.63, 3.8) is 0 Å². The standard InChI is InChI=1S/C18H26N2O4/c1-13-15-11-17(23-3)16(22-2)10-14(15)4-5-20(13)18(21)12-19-6-8-24-9-7-19/h10-11,13H,4-9,12H2,1-3H3/t13-/m0/s1. The second-order valence-corrected chi connectivity index (χ2v) is 6.31. The smallest absolute Gasteiger partial charge is 0.237 e. The molecule has 2 heterocycles. The van der Waals surface area contributed by atoms with E-state index in [-0.39, 0.29) is 11.9 Å². The summed E-state index contributed by atoms with van der Waals surface area (Å²) in [5, 5.41) is 0. The van der Waals surface area contributed by atoms with Crippen LogP contribution in [0.4, 0.5) is 0 Å². The normalized spacial score (nSPS) is 21.3. The first-order valence-electron chi connectivity index (χ1n) is 8.48. The van der Waals surface area contributed by atoms with Crippen molar-refractivity contribution in [1.82, 2.24) is 9.80 Å². The fourth-order valence-electron chi connectivity index (χ4n) is 3.53. The van der Waals surface area contributed by atoms with Crippen LogP contribution in [0.5, 0.6) is 11.5 Å². The van der Waals surface area contributed by atoms with Crippen molar-refractivity contribution in [2.75, 3.05) is 53.6 Å². The van der Waals surface area contributed by atoms with Crippen LogP contribution < -0.4 is 9.47 Å². The number of rotatable bonds is 4. The quantitative estimate of drug-likeness (QED) is 0.835. The third kappa shape index (κ3) is 3.35. The average molecular weight is 334 g/mol. The molecule has 24 heavy (non-hydrogen) atoms. The molecule has 2 aliphatic heterocycles. The minimum Gasteiger partial charge on any atom is -0.493 e. The zero-order valence-electron chi connectivity index (χ0n) is 14.7. The Kier molecular flexibility index (Phi) is 5.26. The van der Waals surface area contributed by atoms with Gasteiger partial charge in [-0.05, 0) is 36.6 Å². The lowest BCUT2D eigenvalue weighted by molar-refractivity contribution is -0.136. The minimum absolute atomic E-state index is 0.0436. The average Bonchev–Trinajstić information content (AvgIpc) is 2.61. The molecule has 6 heteroatoms. The Balaban J connectivity index is 1.75. The number of nitrogens with zero attached hydrogens (tertiary/aromatic N) is 2. The van der Waals surface area contributed by atoms with Crippen molar-refractivity contribution in [3.05, 3.63) is 23.3 Å². The van der Waals surface area contributed by atoms with Crippen molar-refractivity contribution in [2.45, 2.75) is 19.4 Å². The summed E-state index contributed by atoms with van der Waals surface area (Å²) >= 11 is 0. The Morgan fingerprint density at radius 1 is 1.17 bits per heavy atom. The van der Waals surface area contributed by atoms with E-state index < -0.39 is 0 Å². The van der Waals surface area contributed by atoms with Gasteiger partial charge in [-0.15, -0.1) is 0 Å². The molecule has 0 radical (unpaired) electrons. The van der Waals surface area contributed by atoms with Gasteiger partial charge in [0.2, 0.25) is 5.91 Å². The van der Waals surface area contributed by atoms with E-state index in [9.17, 15) is 4.79 Å². The molecule has 6 nitrogen and oxygen atoms in total. The monoisotopic (exact) mass is 334 g/mol. The molecule has 0 spiro atoms. The third-order valence-electron chi connectivity index (χ3n) is 4.97. The molecular weight excluding hydrogens is 308 g/mol. The van der Waals surface area contributed by atoms with Gasteiger partial charge < -0.3 is 19.1 Å². The van der Waals surface area contributed by atoms with Gasteiger partial charge >= 0.3 is 0 Å². The maximum absolute atomic E-state index is 12.8. The minimum atomic E-state index is 0.0436. The van der Waals surface area contributed by atoms with Crippen LogP contribution in [0.3, 0.4) is 0 Å². The van der Waals surface area contributed by atoms with Crippen LogP contribution in [-0.2, 0) is 16.0 Å². The molecule has 1 aromatic carbocycles. The van der Waals surface area contributed by atoms with E-state index in [1.807, 2.05) is 17.0 Å². The van der Waals surface area contributed by atoms with E-state index in [1.165, 1.54) is 5.56 Å². The molecule has 0 unspecified atom stereocenters. The SMILES string of the molecule is COc1cc2c(cc1OC)[C@H](C)N(C(=O)CN1CCOCC1)CC2. The maximum atomic E-state index is 12.8. The summed E-state index contributed by atoms with van der Waals surface area (Å²) in [6.07, 6.45) is 0.842. The van der Waals surface area contributed by atoms with Crippen LogP contribution in [0.15, 0.2) is 12.1 Å². The van der Waals surface area contributed by atoms with Gasteiger partial charge in [0.15, 0.2) is 11.5 Å². The molecule has 0 saturated carbocycles. The highest BCUT2D eigenvalue weighted by atomic mass is 16.5. The topological polar surface area (TPSA) is 51.2 Å². The molecular formula is C18H26N2O4. The summed E-state index contributed by atoms with van der Waals surface area (Å²) < 4.78 is 16.2. The maximum Gasteiger partial charge on any atom is 0.237 e. The Labute approximate surface area is 143 Å². The summed E-state index contributed by atoms with van der Waals surface area (Å²) in [4.78, 5) is 16.9. The lowest BCUT2D eigenvalue weighted by Gasteiger charge is -2.37.